The van der Waals surface area contributed by atoms with Gasteiger partial charge in [0.2, 0.25) is 6.79 Å². The van der Waals surface area contributed by atoms with Crippen molar-refractivity contribution in [3.8, 4) is 22.8 Å². The molecular weight excluding hydrogens is 550 g/mol. The van der Waals surface area contributed by atoms with Gasteiger partial charge < -0.3 is 18.6 Å². The quantitative estimate of drug-likeness (QED) is 0.192. The summed E-state index contributed by atoms with van der Waals surface area (Å²) in [6.45, 7) is 5.46. The van der Waals surface area contributed by atoms with Crippen molar-refractivity contribution in [2.45, 2.75) is 26.8 Å². The van der Waals surface area contributed by atoms with Gasteiger partial charge in [-0.3, -0.25) is 19.5 Å². The molecule has 0 radical (unpaired) electrons. The lowest BCUT2D eigenvalue weighted by Gasteiger charge is -2.24. The van der Waals surface area contributed by atoms with Gasteiger partial charge in [0.05, 0.1) is 33.4 Å². The Balaban J connectivity index is 1.45. The van der Waals surface area contributed by atoms with Crippen molar-refractivity contribution in [1.82, 2.24) is 4.57 Å². The van der Waals surface area contributed by atoms with Gasteiger partial charge in [-0.1, -0.05) is 17.4 Å². The second kappa shape index (κ2) is 10.2. The monoisotopic (exact) mass is 573 g/mol. The number of hydrogen-bond donors (Lipinski definition) is 0. The predicted octanol–water partition coefficient (Wildman–Crippen LogP) is 4.00. The van der Waals surface area contributed by atoms with E-state index >= 15 is 0 Å². The van der Waals surface area contributed by atoms with Gasteiger partial charge in [-0.2, -0.15) is 0 Å². The molecule has 2 aromatic carbocycles. The number of aromatic nitrogens is 1. The molecule has 2 aromatic heterocycles. The summed E-state index contributed by atoms with van der Waals surface area (Å²) in [5.74, 6) is 1.47. The van der Waals surface area contributed by atoms with Gasteiger partial charge >= 0.3 is 5.97 Å². The van der Waals surface area contributed by atoms with Gasteiger partial charge in [0.15, 0.2) is 16.3 Å². The van der Waals surface area contributed by atoms with Crippen LogP contribution < -0.4 is 24.4 Å². The summed E-state index contributed by atoms with van der Waals surface area (Å²) in [6.07, 6.45) is 1.62. The lowest BCUT2D eigenvalue weighted by atomic mass is 9.95. The largest absolute Gasteiger partial charge is 0.463 e. The second-order valence-electron chi connectivity index (χ2n) is 9.37. The van der Waals surface area contributed by atoms with Crippen molar-refractivity contribution >= 4 is 29.1 Å². The van der Waals surface area contributed by atoms with Crippen LogP contribution in [0.3, 0.4) is 0 Å². The third-order valence-electron chi connectivity index (χ3n) is 6.82. The van der Waals surface area contributed by atoms with Gasteiger partial charge in [-0.25, -0.2) is 9.79 Å². The van der Waals surface area contributed by atoms with Gasteiger partial charge in [0.1, 0.15) is 11.5 Å². The maximum atomic E-state index is 13.8. The molecule has 0 saturated heterocycles. The molecule has 41 heavy (non-hydrogen) atoms. The molecule has 0 spiro atoms. The van der Waals surface area contributed by atoms with Gasteiger partial charge in [-0.15, -0.1) is 0 Å². The third kappa shape index (κ3) is 4.61. The number of fused-ring (bicyclic) bond motifs is 2. The van der Waals surface area contributed by atoms with Crippen molar-refractivity contribution in [2.24, 2.45) is 4.99 Å². The average molecular weight is 574 g/mol. The maximum absolute atomic E-state index is 13.8. The van der Waals surface area contributed by atoms with E-state index in [9.17, 15) is 19.7 Å². The summed E-state index contributed by atoms with van der Waals surface area (Å²) in [5.41, 5.74) is 2.39. The number of furan rings is 1. The number of carbonyl (C=O) groups is 1. The van der Waals surface area contributed by atoms with Crippen molar-refractivity contribution in [3.05, 3.63) is 106 Å². The van der Waals surface area contributed by atoms with Crippen LogP contribution in [0.5, 0.6) is 11.5 Å². The minimum absolute atomic E-state index is 0.00589. The van der Waals surface area contributed by atoms with E-state index in [-0.39, 0.29) is 30.2 Å². The summed E-state index contributed by atoms with van der Waals surface area (Å²) in [4.78, 5) is 42.6. The maximum Gasteiger partial charge on any atom is 0.338 e. The molecule has 0 bridgehead atoms. The van der Waals surface area contributed by atoms with E-state index in [1.54, 1.807) is 63.2 Å². The number of allylic oxidation sites excluding steroid dienone is 1. The molecular formula is C29H23N3O8S. The number of hydrogen-bond acceptors (Lipinski definition) is 10. The van der Waals surface area contributed by atoms with E-state index < -0.39 is 16.9 Å². The number of benzene rings is 2. The second-order valence-corrected chi connectivity index (χ2v) is 10.4. The topological polar surface area (TPSA) is 135 Å². The third-order valence-corrected chi connectivity index (χ3v) is 7.80. The van der Waals surface area contributed by atoms with Crippen LogP contribution in [0.25, 0.3) is 17.4 Å². The van der Waals surface area contributed by atoms with Gasteiger partial charge in [0, 0.05) is 23.8 Å². The highest BCUT2D eigenvalue weighted by atomic mass is 32.1. The number of nitro groups is 1. The molecule has 0 saturated carbocycles. The molecule has 4 heterocycles. The predicted molar refractivity (Wildman–Crippen MR) is 148 cm³/mol. The van der Waals surface area contributed by atoms with Crippen LogP contribution >= 0.6 is 11.3 Å². The molecule has 0 fully saturated rings. The van der Waals surface area contributed by atoms with Gasteiger partial charge in [-0.05, 0) is 62.2 Å². The average Bonchev–Trinajstić information content (AvgIpc) is 3.67. The van der Waals surface area contributed by atoms with Crippen LogP contribution in [0.2, 0.25) is 0 Å². The summed E-state index contributed by atoms with van der Waals surface area (Å²) in [7, 11) is 0. The van der Waals surface area contributed by atoms with Crippen LogP contribution in [-0.2, 0) is 9.53 Å². The SMILES string of the molecule is CCOC(=O)C1=C(C)N=c2sc(=Cc3ccc(-c4ccc([N+](=O)[O-])cc4C)o3)c(=O)n2[C@@H]1c1ccc2c(c1)OCO2. The summed E-state index contributed by atoms with van der Waals surface area (Å²) < 4.78 is 24.2. The smallest absolute Gasteiger partial charge is 0.338 e. The highest BCUT2D eigenvalue weighted by Gasteiger charge is 2.34. The minimum Gasteiger partial charge on any atom is -0.463 e. The van der Waals surface area contributed by atoms with E-state index in [0.717, 1.165) is 0 Å². The minimum atomic E-state index is -0.795. The molecule has 2 aliphatic heterocycles. The van der Waals surface area contributed by atoms with E-state index in [2.05, 4.69) is 4.99 Å². The fourth-order valence-electron chi connectivity index (χ4n) is 4.93. The molecule has 12 heteroatoms. The fourth-order valence-corrected chi connectivity index (χ4v) is 5.96. The number of rotatable bonds is 6. The zero-order valence-electron chi connectivity index (χ0n) is 22.2. The van der Waals surface area contributed by atoms with Crippen molar-refractivity contribution in [2.75, 3.05) is 13.4 Å². The van der Waals surface area contributed by atoms with Crippen LogP contribution in [0.4, 0.5) is 5.69 Å². The van der Waals surface area contributed by atoms with Crippen LogP contribution in [0, 0.1) is 17.0 Å². The Labute approximate surface area is 236 Å². The number of non-ortho nitro benzene ring substituents is 1. The first-order chi connectivity index (χ1) is 19.7. The van der Waals surface area contributed by atoms with E-state index in [4.69, 9.17) is 18.6 Å². The molecule has 6 rings (SSSR count). The lowest BCUT2D eigenvalue weighted by Crippen LogP contribution is -2.39. The normalized spacial score (nSPS) is 16.0. The Morgan fingerprint density at radius 1 is 1.17 bits per heavy atom. The number of esters is 1. The van der Waals surface area contributed by atoms with Crippen molar-refractivity contribution in [3.63, 3.8) is 0 Å². The van der Waals surface area contributed by atoms with Crippen LogP contribution in [0.15, 0.2) is 74.0 Å². The standard InChI is InChI=1S/C29H23N3O8S/c1-4-37-28(34)25-16(3)30-29-31(26(25)17-5-9-22-23(12-17)39-14-38-22)27(33)24(41-29)13-19-7-10-21(40-19)20-8-6-18(32(35)36)11-15(20)2/h5-13,26H,4,14H2,1-3H3/t26-/m1/s1. The Kier molecular flexibility index (Phi) is 6.54. The van der Waals surface area contributed by atoms with Crippen molar-refractivity contribution in [1.29, 1.82) is 0 Å². The zero-order valence-corrected chi connectivity index (χ0v) is 23.0. The molecule has 0 unspecified atom stereocenters. The molecule has 0 N–H and O–H groups in total. The van der Waals surface area contributed by atoms with Crippen LogP contribution in [-0.4, -0.2) is 28.9 Å². The summed E-state index contributed by atoms with van der Waals surface area (Å²) in [5, 5.41) is 11.1. The first kappa shape index (κ1) is 26.3. The highest BCUT2D eigenvalue weighted by Crippen LogP contribution is 2.38. The van der Waals surface area contributed by atoms with E-state index in [1.807, 2.05) is 0 Å². The molecule has 1 atom stereocenters. The summed E-state index contributed by atoms with van der Waals surface area (Å²) >= 11 is 1.18. The summed E-state index contributed by atoms with van der Waals surface area (Å²) in [6, 6.07) is 12.5. The molecule has 11 nitrogen and oxygen atoms in total. The highest BCUT2D eigenvalue weighted by molar-refractivity contribution is 7.07. The zero-order chi connectivity index (χ0) is 28.8. The Morgan fingerprint density at radius 3 is 2.73 bits per heavy atom. The fraction of sp³-hybridized carbons (Fsp3) is 0.207. The molecule has 0 amide bonds. The number of nitrogens with zero attached hydrogens (tertiary/aromatic N) is 3. The molecule has 4 aromatic rings. The number of carbonyl (C=O) groups excluding carboxylic acids is 1. The number of nitro benzene ring substituents is 1. The Morgan fingerprint density at radius 2 is 1.98 bits per heavy atom. The van der Waals surface area contributed by atoms with Crippen molar-refractivity contribution < 1.29 is 28.3 Å². The van der Waals surface area contributed by atoms with E-state index in [0.29, 0.717) is 54.7 Å². The van der Waals surface area contributed by atoms with Crippen LogP contribution in [0.1, 0.15) is 36.8 Å². The number of thiazole rings is 1. The lowest BCUT2D eigenvalue weighted by molar-refractivity contribution is -0.384. The first-order valence-electron chi connectivity index (χ1n) is 12.7. The molecule has 0 aliphatic carbocycles. The van der Waals surface area contributed by atoms with E-state index in [1.165, 1.54) is 28.0 Å². The first-order valence-corrected chi connectivity index (χ1v) is 13.5. The number of ether oxygens (including phenoxy) is 3. The number of aryl methyl sites for hydroxylation is 1. The Bertz CT molecular complexity index is 1950. The Hall–Kier alpha value is -4.97. The van der Waals surface area contributed by atoms with Gasteiger partial charge in [0.25, 0.3) is 11.2 Å². The molecule has 208 valence electrons. The molecule has 2 aliphatic rings.